The Labute approximate surface area is 200 Å². The van der Waals surface area contributed by atoms with Gasteiger partial charge in [0.05, 0.1) is 11.9 Å². The summed E-state index contributed by atoms with van der Waals surface area (Å²) in [5, 5.41) is 7.39. The predicted octanol–water partition coefficient (Wildman–Crippen LogP) is 3.98. The van der Waals surface area contributed by atoms with Crippen LogP contribution >= 0.6 is 0 Å². The second kappa shape index (κ2) is 9.54. The normalized spacial score (nSPS) is 14.2. The van der Waals surface area contributed by atoms with Gasteiger partial charge in [0.15, 0.2) is 5.82 Å². The maximum Gasteiger partial charge on any atom is 0.259 e. The molecule has 2 aromatic heterocycles. The third-order valence-electron chi connectivity index (χ3n) is 6.12. The third kappa shape index (κ3) is 4.70. The van der Waals surface area contributed by atoms with E-state index in [9.17, 15) is 18.4 Å². The summed E-state index contributed by atoms with van der Waals surface area (Å²) in [4.78, 5) is 27.7. The number of amides is 2. The number of aromatic nitrogens is 3. The SMILES string of the molecule is O=C(NC1CCN(C(=O)c2cnn(-c3ccc(F)cc3)c2-n2cccc2)CC1)c1ccc(F)cc1. The number of rotatable bonds is 5. The number of hydrogen-bond donors (Lipinski definition) is 1. The Kier molecular flexibility index (Phi) is 6.13. The molecule has 5 rings (SSSR count). The number of halogens is 2. The van der Waals surface area contributed by atoms with Crippen LogP contribution in [0.4, 0.5) is 8.78 Å². The smallest absolute Gasteiger partial charge is 0.259 e. The fourth-order valence-corrected chi connectivity index (χ4v) is 4.26. The molecule has 3 heterocycles. The Bertz CT molecular complexity index is 1320. The van der Waals surface area contributed by atoms with Gasteiger partial charge in [-0.25, -0.2) is 13.5 Å². The van der Waals surface area contributed by atoms with Gasteiger partial charge < -0.3 is 14.8 Å². The summed E-state index contributed by atoms with van der Waals surface area (Å²) in [6, 6.07) is 15.0. The van der Waals surface area contributed by atoms with Crippen LogP contribution in [0.3, 0.4) is 0 Å². The minimum absolute atomic E-state index is 0.0811. The van der Waals surface area contributed by atoms with E-state index in [4.69, 9.17) is 0 Å². The van der Waals surface area contributed by atoms with E-state index >= 15 is 0 Å². The highest BCUT2D eigenvalue weighted by atomic mass is 19.1. The number of benzene rings is 2. The summed E-state index contributed by atoms with van der Waals surface area (Å²) < 4.78 is 30.0. The number of likely N-dealkylation sites (tertiary alicyclic amines) is 1. The van der Waals surface area contributed by atoms with E-state index in [0.29, 0.717) is 48.6 Å². The molecule has 7 nitrogen and oxygen atoms in total. The van der Waals surface area contributed by atoms with E-state index in [1.54, 1.807) is 26.3 Å². The number of nitrogens with zero attached hydrogens (tertiary/aromatic N) is 4. The highest BCUT2D eigenvalue weighted by Crippen LogP contribution is 2.23. The van der Waals surface area contributed by atoms with Gasteiger partial charge in [0.1, 0.15) is 17.2 Å². The maximum absolute atomic E-state index is 13.5. The fraction of sp³-hybridized carbons (Fsp3) is 0.192. The standard InChI is InChI=1S/C26H23F2N5O2/c27-19-5-3-18(4-6-19)24(34)30-21-11-15-32(16-12-21)26(35)23-17-29-33(22-9-7-20(28)8-10-22)25(23)31-13-1-2-14-31/h1-10,13-14,17,21H,11-12,15-16H2,(H,30,34). The van der Waals surface area contributed by atoms with Gasteiger partial charge in [0.25, 0.3) is 11.8 Å². The van der Waals surface area contributed by atoms with Crippen molar-refractivity contribution in [1.82, 2.24) is 24.6 Å². The summed E-state index contributed by atoms with van der Waals surface area (Å²) in [6.45, 7) is 0.945. The van der Waals surface area contributed by atoms with Crippen molar-refractivity contribution >= 4 is 11.8 Å². The van der Waals surface area contributed by atoms with E-state index < -0.39 is 5.82 Å². The molecule has 2 aromatic carbocycles. The Hall–Kier alpha value is -4.27. The molecular formula is C26H23F2N5O2. The van der Waals surface area contributed by atoms with Crippen LogP contribution in [-0.2, 0) is 0 Å². The first kappa shape index (κ1) is 22.5. The Morgan fingerprint density at radius 2 is 1.49 bits per heavy atom. The molecule has 1 N–H and O–H groups in total. The average Bonchev–Trinajstić information content (AvgIpc) is 3.55. The van der Waals surface area contributed by atoms with Crippen LogP contribution in [0, 0.1) is 11.6 Å². The molecule has 1 fully saturated rings. The number of piperidine rings is 1. The molecule has 35 heavy (non-hydrogen) atoms. The lowest BCUT2D eigenvalue weighted by atomic mass is 10.0. The van der Waals surface area contributed by atoms with Crippen LogP contribution in [0.1, 0.15) is 33.6 Å². The summed E-state index contributed by atoms with van der Waals surface area (Å²) in [5.41, 5.74) is 1.46. The molecular weight excluding hydrogens is 452 g/mol. The zero-order valence-corrected chi connectivity index (χ0v) is 18.8. The average molecular weight is 475 g/mol. The van der Waals surface area contributed by atoms with Gasteiger partial charge in [0.2, 0.25) is 0 Å². The first-order chi connectivity index (χ1) is 17.0. The van der Waals surface area contributed by atoms with Gasteiger partial charge in [-0.1, -0.05) is 0 Å². The van der Waals surface area contributed by atoms with Crippen LogP contribution in [0.15, 0.2) is 79.3 Å². The van der Waals surface area contributed by atoms with Crippen molar-refractivity contribution in [2.75, 3.05) is 13.1 Å². The maximum atomic E-state index is 13.5. The van der Waals surface area contributed by atoms with E-state index in [0.717, 1.165) is 0 Å². The monoisotopic (exact) mass is 475 g/mol. The largest absolute Gasteiger partial charge is 0.349 e. The molecule has 0 atom stereocenters. The Morgan fingerprint density at radius 1 is 0.886 bits per heavy atom. The van der Waals surface area contributed by atoms with Crippen LogP contribution in [-0.4, -0.2) is 50.2 Å². The van der Waals surface area contributed by atoms with E-state index in [1.165, 1.54) is 42.6 Å². The van der Waals surface area contributed by atoms with Crippen LogP contribution < -0.4 is 5.32 Å². The zero-order valence-electron chi connectivity index (χ0n) is 18.8. The first-order valence-corrected chi connectivity index (χ1v) is 11.3. The van der Waals surface area contributed by atoms with E-state index in [-0.39, 0.29) is 23.7 Å². The highest BCUT2D eigenvalue weighted by molar-refractivity contribution is 5.97. The fourth-order valence-electron chi connectivity index (χ4n) is 4.26. The number of carbonyl (C=O) groups excluding carboxylic acids is 2. The van der Waals surface area contributed by atoms with Crippen molar-refractivity contribution in [2.24, 2.45) is 0 Å². The highest BCUT2D eigenvalue weighted by Gasteiger charge is 2.28. The minimum atomic E-state index is -0.393. The van der Waals surface area contributed by atoms with Crippen molar-refractivity contribution in [3.05, 3.63) is 102 Å². The van der Waals surface area contributed by atoms with Gasteiger partial charge in [-0.05, 0) is 73.5 Å². The van der Waals surface area contributed by atoms with Crippen molar-refractivity contribution in [1.29, 1.82) is 0 Å². The second-order valence-electron chi connectivity index (χ2n) is 8.41. The predicted molar refractivity (Wildman–Crippen MR) is 126 cm³/mol. The third-order valence-corrected chi connectivity index (χ3v) is 6.12. The molecule has 0 radical (unpaired) electrons. The van der Waals surface area contributed by atoms with E-state index in [1.807, 2.05) is 24.5 Å². The zero-order chi connectivity index (χ0) is 24.4. The van der Waals surface area contributed by atoms with Gasteiger partial charge in [0, 0.05) is 37.1 Å². The van der Waals surface area contributed by atoms with Gasteiger partial charge in [-0.15, -0.1) is 0 Å². The second-order valence-corrected chi connectivity index (χ2v) is 8.41. The lowest BCUT2D eigenvalue weighted by Gasteiger charge is -2.32. The van der Waals surface area contributed by atoms with Crippen molar-refractivity contribution in [3.63, 3.8) is 0 Å². The molecule has 4 aromatic rings. The summed E-state index contributed by atoms with van der Waals surface area (Å²) in [7, 11) is 0. The molecule has 0 unspecified atom stereocenters. The van der Waals surface area contributed by atoms with Gasteiger partial charge in [-0.2, -0.15) is 5.10 Å². The molecule has 2 amide bonds. The minimum Gasteiger partial charge on any atom is -0.349 e. The molecule has 0 spiro atoms. The topological polar surface area (TPSA) is 72.2 Å². The number of carbonyl (C=O) groups is 2. The molecule has 0 aliphatic carbocycles. The van der Waals surface area contributed by atoms with Gasteiger partial charge >= 0.3 is 0 Å². The number of hydrogen-bond acceptors (Lipinski definition) is 3. The molecule has 9 heteroatoms. The Balaban J connectivity index is 1.31. The molecule has 0 saturated carbocycles. The lowest BCUT2D eigenvalue weighted by molar-refractivity contribution is 0.0698. The summed E-state index contributed by atoms with van der Waals surface area (Å²) in [6.07, 6.45) is 6.38. The summed E-state index contributed by atoms with van der Waals surface area (Å²) >= 11 is 0. The molecule has 1 aliphatic rings. The Morgan fingerprint density at radius 3 is 2.11 bits per heavy atom. The van der Waals surface area contributed by atoms with Crippen LogP contribution in [0.25, 0.3) is 11.5 Å². The van der Waals surface area contributed by atoms with Crippen LogP contribution in [0.2, 0.25) is 0 Å². The van der Waals surface area contributed by atoms with Crippen LogP contribution in [0.5, 0.6) is 0 Å². The van der Waals surface area contributed by atoms with Crippen molar-refractivity contribution in [3.8, 4) is 11.5 Å². The van der Waals surface area contributed by atoms with Gasteiger partial charge in [-0.3, -0.25) is 9.59 Å². The van der Waals surface area contributed by atoms with Crippen molar-refractivity contribution < 1.29 is 18.4 Å². The molecule has 1 saturated heterocycles. The van der Waals surface area contributed by atoms with E-state index in [2.05, 4.69) is 10.4 Å². The molecule has 178 valence electrons. The number of nitrogens with one attached hydrogen (secondary N) is 1. The molecule has 1 aliphatic heterocycles. The van der Waals surface area contributed by atoms with Crippen molar-refractivity contribution in [2.45, 2.75) is 18.9 Å². The first-order valence-electron chi connectivity index (χ1n) is 11.3. The molecule has 0 bridgehead atoms. The quantitative estimate of drug-likeness (QED) is 0.475. The lowest BCUT2D eigenvalue weighted by Crippen LogP contribution is -2.46. The summed E-state index contributed by atoms with van der Waals surface area (Å²) in [5.74, 6) is -0.599.